The van der Waals surface area contributed by atoms with Crippen molar-refractivity contribution >= 4 is 89.9 Å². The maximum absolute atomic E-state index is 5.37. The Balaban J connectivity index is 0.000000150. The SMILES string of the molecule is C[CH]=[Zr]([Cl])[Cl].c1ccc(P(c2ccccc2)c2ccc3[cH-]ccc3c2)cc1.c1ccc(P(c2ccccc2)c2ccc3[cH-]ccc3c2)cc1. The molecule has 0 aliphatic carbocycles. The quantitative estimate of drug-likeness (QED) is 0.116. The Labute approximate surface area is 307 Å². The second kappa shape index (κ2) is 18.1. The predicted molar refractivity (Wildman–Crippen MR) is 220 cm³/mol. The molecule has 5 heteroatoms. The Hall–Kier alpha value is -3.27. The van der Waals surface area contributed by atoms with Gasteiger partial charge < -0.3 is 0 Å². The van der Waals surface area contributed by atoms with E-state index in [2.05, 4.69) is 194 Å². The van der Waals surface area contributed by atoms with Gasteiger partial charge in [0.1, 0.15) is 0 Å². The minimum atomic E-state index is -1.76. The van der Waals surface area contributed by atoms with E-state index in [1.54, 1.807) is 0 Å². The number of benzene rings is 6. The first-order valence-electron chi connectivity index (χ1n) is 16.2. The average Bonchev–Trinajstić information content (AvgIpc) is 3.84. The third-order valence-corrected chi connectivity index (χ3v) is 16.5. The zero-order valence-electron chi connectivity index (χ0n) is 27.2. The van der Waals surface area contributed by atoms with Gasteiger partial charge in [0.15, 0.2) is 0 Å². The molecule has 0 saturated heterocycles. The molecule has 8 aromatic rings. The molecule has 49 heavy (non-hydrogen) atoms. The van der Waals surface area contributed by atoms with Gasteiger partial charge in [-0.15, -0.1) is 35.0 Å². The largest absolute Gasteiger partial charge is 0.168 e. The fourth-order valence-corrected chi connectivity index (χ4v) is 10.4. The number of halogens is 2. The van der Waals surface area contributed by atoms with E-state index < -0.39 is 34.7 Å². The van der Waals surface area contributed by atoms with Crippen molar-refractivity contribution < 1.29 is 18.9 Å². The molecule has 8 aromatic carbocycles. The van der Waals surface area contributed by atoms with Crippen LogP contribution in [0.15, 0.2) is 194 Å². The van der Waals surface area contributed by atoms with Crippen LogP contribution in [0.3, 0.4) is 0 Å². The zero-order valence-corrected chi connectivity index (χ0v) is 33.0. The third kappa shape index (κ3) is 9.50. The van der Waals surface area contributed by atoms with Gasteiger partial charge in [0.2, 0.25) is 0 Å². The van der Waals surface area contributed by atoms with E-state index in [1.165, 1.54) is 53.4 Å². The maximum atomic E-state index is 5.37. The van der Waals surface area contributed by atoms with Crippen molar-refractivity contribution in [2.75, 3.05) is 0 Å². The van der Waals surface area contributed by atoms with E-state index in [0.29, 0.717) is 0 Å². The fourth-order valence-electron chi connectivity index (χ4n) is 5.71. The van der Waals surface area contributed by atoms with Crippen molar-refractivity contribution in [3.63, 3.8) is 0 Å². The molecular weight excluding hydrogens is 753 g/mol. The van der Waals surface area contributed by atoms with E-state index >= 15 is 0 Å². The molecule has 0 aromatic heterocycles. The van der Waals surface area contributed by atoms with Crippen LogP contribution in [0.2, 0.25) is 0 Å². The van der Waals surface area contributed by atoms with Crippen LogP contribution in [0.4, 0.5) is 0 Å². The Morgan fingerprint density at radius 2 is 0.735 bits per heavy atom. The van der Waals surface area contributed by atoms with Gasteiger partial charge in [0, 0.05) is 0 Å². The zero-order chi connectivity index (χ0) is 33.8. The monoisotopic (exact) mass is 786 g/mol. The van der Waals surface area contributed by atoms with E-state index in [-0.39, 0.29) is 0 Å². The smallest absolute Gasteiger partial charge is 0.0151 e. The van der Waals surface area contributed by atoms with E-state index in [4.69, 9.17) is 17.0 Å². The first-order valence-corrected chi connectivity index (χ1v) is 26.6. The summed E-state index contributed by atoms with van der Waals surface area (Å²) in [5.41, 5.74) is 0. The predicted octanol–water partition coefficient (Wildman–Crippen LogP) is 10.4. The van der Waals surface area contributed by atoms with Crippen molar-refractivity contribution in [1.29, 1.82) is 0 Å². The molecule has 0 spiro atoms. The fraction of sp³-hybridized carbons (Fsp3) is 0.0227. The molecule has 0 radical (unpaired) electrons. The van der Waals surface area contributed by atoms with Crippen molar-refractivity contribution in [2.24, 2.45) is 0 Å². The van der Waals surface area contributed by atoms with Gasteiger partial charge in [0.25, 0.3) is 0 Å². The van der Waals surface area contributed by atoms with Crippen LogP contribution >= 0.6 is 32.9 Å². The third-order valence-electron chi connectivity index (χ3n) is 8.04. The van der Waals surface area contributed by atoms with Crippen LogP contribution in [0.25, 0.3) is 21.5 Å². The van der Waals surface area contributed by atoms with E-state index in [1.807, 2.05) is 10.6 Å². The van der Waals surface area contributed by atoms with Crippen LogP contribution in [-0.2, 0) is 18.9 Å². The molecule has 0 N–H and O–H groups in total. The summed E-state index contributed by atoms with van der Waals surface area (Å²) in [6.07, 6.45) is 0. The molecule has 8 rings (SSSR count). The van der Waals surface area contributed by atoms with Gasteiger partial charge >= 0.3 is 46.5 Å². The second-order valence-electron chi connectivity index (χ2n) is 11.3. The Morgan fingerprint density at radius 1 is 0.429 bits per heavy atom. The number of hydrogen-bond acceptors (Lipinski definition) is 0. The van der Waals surface area contributed by atoms with Gasteiger partial charge in [-0.3, -0.25) is 0 Å². The Kier molecular flexibility index (Phi) is 13.1. The van der Waals surface area contributed by atoms with E-state index in [9.17, 15) is 0 Å². The molecule has 0 atom stereocenters. The molecule has 0 saturated carbocycles. The topological polar surface area (TPSA) is 0 Å². The molecule has 0 unspecified atom stereocenters. The number of rotatable bonds is 6. The molecule has 0 heterocycles. The van der Waals surface area contributed by atoms with Crippen LogP contribution < -0.4 is 31.8 Å². The summed E-state index contributed by atoms with van der Waals surface area (Å²) in [4.78, 5) is 0. The molecule has 0 amide bonds. The second-order valence-corrected chi connectivity index (χ2v) is 24.5. The summed E-state index contributed by atoms with van der Waals surface area (Å²) in [6.45, 7) is 1.90. The standard InChI is InChI=1S/2C21H16P.C2H4.2ClH.Zr/c2*1-3-10-19(11-4-1)22(20-12-5-2-6-13-20)21-15-14-17-8-7-9-18(17)16-21;1-2;;;/h2*1-16H;1H,2H3;2*1H;/q2*-1;;;;+2/p-2. The molecule has 0 fully saturated rings. The molecule has 0 aliphatic rings. The molecule has 242 valence electrons. The molecular formula is C44H36Cl2P2Zr-2. The Bertz CT molecular complexity index is 1970. The molecule has 0 aliphatic heterocycles. The van der Waals surface area contributed by atoms with Gasteiger partial charge in [-0.25, -0.2) is 0 Å². The van der Waals surface area contributed by atoms with Gasteiger partial charge in [-0.05, 0) is 47.7 Å². The molecule has 0 bridgehead atoms. The van der Waals surface area contributed by atoms with Crippen molar-refractivity contribution in [3.8, 4) is 0 Å². The van der Waals surface area contributed by atoms with Crippen molar-refractivity contribution in [3.05, 3.63) is 194 Å². The normalized spacial score (nSPS) is 10.7. The number of hydrogen-bond donors (Lipinski definition) is 0. The van der Waals surface area contributed by atoms with Crippen LogP contribution in [0.5, 0.6) is 0 Å². The summed E-state index contributed by atoms with van der Waals surface area (Å²) in [5.74, 6) is 0. The maximum Gasteiger partial charge on any atom is -0.0151 e. The summed E-state index contributed by atoms with van der Waals surface area (Å²) < 4.78 is 1.89. The van der Waals surface area contributed by atoms with Gasteiger partial charge in [0.05, 0.1) is 0 Å². The minimum Gasteiger partial charge on any atom is -0.168 e. The van der Waals surface area contributed by atoms with E-state index in [0.717, 1.165) is 0 Å². The molecule has 0 nitrogen and oxygen atoms in total. The average molecular weight is 789 g/mol. The summed E-state index contributed by atoms with van der Waals surface area (Å²) in [5, 5.41) is 13.7. The van der Waals surface area contributed by atoms with Crippen LogP contribution in [-0.4, -0.2) is 3.71 Å². The van der Waals surface area contributed by atoms with Gasteiger partial charge in [-0.2, -0.15) is 35.0 Å². The Morgan fingerprint density at radius 3 is 1.02 bits per heavy atom. The van der Waals surface area contributed by atoms with Crippen molar-refractivity contribution in [2.45, 2.75) is 6.92 Å². The first kappa shape index (κ1) is 35.6. The summed E-state index contributed by atoms with van der Waals surface area (Å²) >= 11 is -1.76. The number of fused-ring (bicyclic) bond motifs is 2. The summed E-state index contributed by atoms with van der Waals surface area (Å²) in [6, 6.07) is 70.1. The summed E-state index contributed by atoms with van der Waals surface area (Å²) in [7, 11) is 9.74. The first-order chi connectivity index (χ1) is 24.1. The van der Waals surface area contributed by atoms with Crippen LogP contribution in [0.1, 0.15) is 6.92 Å². The van der Waals surface area contributed by atoms with Gasteiger partial charge in [-0.1, -0.05) is 146 Å². The van der Waals surface area contributed by atoms with Crippen molar-refractivity contribution in [1.82, 2.24) is 0 Å². The van der Waals surface area contributed by atoms with Crippen LogP contribution in [0, 0.1) is 0 Å². The minimum absolute atomic E-state index is 0.500.